The Bertz CT molecular complexity index is 1000. The maximum absolute atomic E-state index is 13.1. The summed E-state index contributed by atoms with van der Waals surface area (Å²) >= 11 is 0. The minimum absolute atomic E-state index is 0.0178. The summed E-state index contributed by atoms with van der Waals surface area (Å²) in [6.07, 6.45) is 5.73. The average Bonchev–Trinajstić information content (AvgIpc) is 3.24. The predicted molar refractivity (Wildman–Crippen MR) is 109 cm³/mol. The minimum Gasteiger partial charge on any atom is -0.478 e. The summed E-state index contributed by atoms with van der Waals surface area (Å²) in [5, 5.41) is 9.37. The van der Waals surface area contributed by atoms with Crippen LogP contribution in [0.15, 0.2) is 67.1 Å². The number of carbonyl (C=O) groups is 2. The van der Waals surface area contributed by atoms with Crippen LogP contribution in [-0.2, 0) is 6.42 Å². The normalized spacial score (nSPS) is 14.7. The van der Waals surface area contributed by atoms with E-state index in [1.165, 1.54) is 0 Å². The standard InChI is InChI=1S/C23H23N3O3/c27-22(21-15-24-16-26(21)19-7-2-1-3-8-19)25-12-10-17(11-13-25)14-18-6-4-5-9-20(18)23(28)29/h1-9,15-17H,10-14H2,(H,28,29). The van der Waals surface area contributed by atoms with Crippen molar-refractivity contribution in [1.29, 1.82) is 0 Å². The SMILES string of the molecule is O=C(O)c1ccccc1CC1CCN(C(=O)c2cncn2-c2ccccc2)CC1. The maximum atomic E-state index is 13.1. The summed E-state index contributed by atoms with van der Waals surface area (Å²) < 4.78 is 1.82. The van der Waals surface area contributed by atoms with Gasteiger partial charge in [-0.15, -0.1) is 0 Å². The van der Waals surface area contributed by atoms with Crippen molar-refractivity contribution in [2.45, 2.75) is 19.3 Å². The lowest BCUT2D eigenvalue weighted by Gasteiger charge is -2.32. The smallest absolute Gasteiger partial charge is 0.335 e. The van der Waals surface area contributed by atoms with Gasteiger partial charge in [0.2, 0.25) is 0 Å². The number of hydrogen-bond donors (Lipinski definition) is 1. The number of likely N-dealkylation sites (tertiary alicyclic amines) is 1. The number of para-hydroxylation sites is 1. The van der Waals surface area contributed by atoms with Gasteiger partial charge in [0.25, 0.3) is 5.91 Å². The van der Waals surface area contributed by atoms with Crippen LogP contribution in [0, 0.1) is 5.92 Å². The van der Waals surface area contributed by atoms with Crippen LogP contribution >= 0.6 is 0 Å². The fourth-order valence-electron chi connectivity index (χ4n) is 3.97. The molecule has 1 aromatic heterocycles. The Morgan fingerprint density at radius 3 is 2.41 bits per heavy atom. The van der Waals surface area contributed by atoms with E-state index in [0.29, 0.717) is 30.3 Å². The monoisotopic (exact) mass is 389 g/mol. The molecule has 29 heavy (non-hydrogen) atoms. The number of hydrogen-bond acceptors (Lipinski definition) is 3. The van der Waals surface area contributed by atoms with Crippen molar-refractivity contribution in [2.75, 3.05) is 13.1 Å². The lowest BCUT2D eigenvalue weighted by Crippen LogP contribution is -2.39. The molecule has 6 nitrogen and oxygen atoms in total. The van der Waals surface area contributed by atoms with E-state index in [1.54, 1.807) is 24.7 Å². The van der Waals surface area contributed by atoms with Crippen molar-refractivity contribution < 1.29 is 14.7 Å². The van der Waals surface area contributed by atoms with E-state index in [4.69, 9.17) is 0 Å². The number of piperidine rings is 1. The third kappa shape index (κ3) is 4.06. The van der Waals surface area contributed by atoms with Gasteiger partial charge in [0.1, 0.15) is 5.69 Å². The van der Waals surface area contributed by atoms with E-state index < -0.39 is 5.97 Å². The molecule has 1 saturated heterocycles. The van der Waals surface area contributed by atoms with Crippen LogP contribution in [0.1, 0.15) is 39.3 Å². The zero-order chi connectivity index (χ0) is 20.2. The van der Waals surface area contributed by atoms with Gasteiger partial charge in [-0.3, -0.25) is 9.36 Å². The lowest BCUT2D eigenvalue weighted by atomic mass is 9.88. The first-order valence-electron chi connectivity index (χ1n) is 9.81. The molecule has 1 aliphatic rings. The largest absolute Gasteiger partial charge is 0.478 e. The Morgan fingerprint density at radius 2 is 1.69 bits per heavy atom. The summed E-state index contributed by atoms with van der Waals surface area (Å²) in [4.78, 5) is 30.5. The molecule has 2 heterocycles. The van der Waals surface area contributed by atoms with Crippen LogP contribution in [0.25, 0.3) is 5.69 Å². The molecule has 0 unspecified atom stereocenters. The Hall–Kier alpha value is -3.41. The first-order valence-corrected chi connectivity index (χ1v) is 9.81. The van der Waals surface area contributed by atoms with Crippen molar-refractivity contribution in [3.63, 3.8) is 0 Å². The number of carbonyl (C=O) groups excluding carboxylic acids is 1. The van der Waals surface area contributed by atoms with Gasteiger partial charge in [-0.2, -0.15) is 0 Å². The van der Waals surface area contributed by atoms with E-state index in [-0.39, 0.29) is 5.91 Å². The first kappa shape index (κ1) is 18.9. The number of nitrogens with zero attached hydrogens (tertiary/aromatic N) is 3. The third-order valence-electron chi connectivity index (χ3n) is 5.55. The number of aromatic carboxylic acids is 1. The Kier molecular flexibility index (Phi) is 5.42. The highest BCUT2D eigenvalue weighted by molar-refractivity contribution is 5.93. The summed E-state index contributed by atoms with van der Waals surface area (Å²) in [7, 11) is 0. The molecule has 1 aliphatic heterocycles. The molecule has 0 atom stereocenters. The highest BCUT2D eigenvalue weighted by Gasteiger charge is 2.26. The van der Waals surface area contributed by atoms with Gasteiger partial charge >= 0.3 is 5.97 Å². The van der Waals surface area contributed by atoms with Gasteiger partial charge in [-0.25, -0.2) is 9.78 Å². The average molecular weight is 389 g/mol. The third-order valence-corrected chi connectivity index (χ3v) is 5.55. The highest BCUT2D eigenvalue weighted by atomic mass is 16.4. The molecule has 1 amide bonds. The fourth-order valence-corrected chi connectivity index (χ4v) is 3.97. The molecule has 148 valence electrons. The quantitative estimate of drug-likeness (QED) is 0.722. The fraction of sp³-hybridized carbons (Fsp3) is 0.261. The van der Waals surface area contributed by atoms with Gasteiger partial charge in [0, 0.05) is 18.8 Å². The maximum Gasteiger partial charge on any atom is 0.335 e. The Morgan fingerprint density at radius 1 is 1.00 bits per heavy atom. The topological polar surface area (TPSA) is 75.4 Å². The molecule has 1 fully saturated rings. The molecule has 1 N–H and O–H groups in total. The second kappa shape index (κ2) is 8.31. The van der Waals surface area contributed by atoms with Crippen molar-refractivity contribution in [3.05, 3.63) is 83.9 Å². The molecule has 0 aliphatic carbocycles. The van der Waals surface area contributed by atoms with E-state index in [0.717, 1.165) is 30.5 Å². The van der Waals surface area contributed by atoms with Crippen LogP contribution in [-0.4, -0.2) is 44.5 Å². The molecular formula is C23H23N3O3. The highest BCUT2D eigenvalue weighted by Crippen LogP contribution is 2.25. The summed E-state index contributed by atoms with van der Waals surface area (Å²) in [6.45, 7) is 1.33. The molecule has 4 rings (SSSR count). The molecule has 0 spiro atoms. The second-order valence-electron chi connectivity index (χ2n) is 7.39. The van der Waals surface area contributed by atoms with Gasteiger partial charge in [-0.1, -0.05) is 36.4 Å². The van der Waals surface area contributed by atoms with E-state index in [1.807, 2.05) is 51.9 Å². The van der Waals surface area contributed by atoms with Gasteiger partial charge in [0.15, 0.2) is 0 Å². The molecule has 0 radical (unpaired) electrons. The minimum atomic E-state index is -0.887. The zero-order valence-electron chi connectivity index (χ0n) is 16.1. The molecule has 0 bridgehead atoms. The predicted octanol–water partition coefficient (Wildman–Crippen LogP) is 3.67. The first-order chi connectivity index (χ1) is 14.1. The Balaban J connectivity index is 1.42. The molecule has 3 aromatic rings. The van der Waals surface area contributed by atoms with Gasteiger partial charge < -0.3 is 10.0 Å². The van der Waals surface area contributed by atoms with Crippen molar-refractivity contribution in [3.8, 4) is 5.69 Å². The number of carboxylic acids is 1. The van der Waals surface area contributed by atoms with Crippen molar-refractivity contribution in [2.24, 2.45) is 5.92 Å². The lowest BCUT2D eigenvalue weighted by molar-refractivity contribution is 0.0682. The zero-order valence-corrected chi connectivity index (χ0v) is 16.1. The van der Waals surface area contributed by atoms with Crippen LogP contribution in [0.3, 0.4) is 0 Å². The number of benzene rings is 2. The van der Waals surface area contributed by atoms with Crippen molar-refractivity contribution >= 4 is 11.9 Å². The van der Waals surface area contributed by atoms with Gasteiger partial charge in [-0.05, 0) is 48.9 Å². The molecular weight excluding hydrogens is 366 g/mol. The van der Waals surface area contributed by atoms with E-state index in [9.17, 15) is 14.7 Å². The van der Waals surface area contributed by atoms with Crippen LogP contribution < -0.4 is 0 Å². The van der Waals surface area contributed by atoms with Crippen LogP contribution in [0.5, 0.6) is 0 Å². The Labute approximate surface area is 169 Å². The van der Waals surface area contributed by atoms with Crippen LogP contribution in [0.2, 0.25) is 0 Å². The number of rotatable bonds is 5. The molecule has 6 heteroatoms. The summed E-state index contributed by atoms with van der Waals surface area (Å²) in [5.41, 5.74) is 2.71. The van der Waals surface area contributed by atoms with Crippen molar-refractivity contribution in [1.82, 2.24) is 14.5 Å². The second-order valence-corrected chi connectivity index (χ2v) is 7.39. The summed E-state index contributed by atoms with van der Waals surface area (Å²) in [5.74, 6) is -0.531. The van der Waals surface area contributed by atoms with E-state index >= 15 is 0 Å². The summed E-state index contributed by atoms with van der Waals surface area (Å²) in [6, 6.07) is 16.9. The van der Waals surface area contributed by atoms with E-state index in [2.05, 4.69) is 4.98 Å². The molecule has 0 saturated carbocycles. The number of imidazole rings is 1. The van der Waals surface area contributed by atoms with Gasteiger partial charge in [0.05, 0.1) is 18.1 Å². The number of carboxylic acid groups (broad SMARTS) is 1. The number of aromatic nitrogens is 2. The molecule has 2 aromatic carbocycles. The van der Waals surface area contributed by atoms with Crippen LogP contribution in [0.4, 0.5) is 0 Å². The number of amides is 1.